The molecule has 2 aromatic heterocycles. The van der Waals surface area contributed by atoms with E-state index in [0.29, 0.717) is 53.3 Å². The fourth-order valence-electron chi connectivity index (χ4n) is 3.87. The summed E-state index contributed by atoms with van der Waals surface area (Å²) in [6.45, 7) is 0.768. The Morgan fingerprint density at radius 1 is 0.971 bits per heavy atom. The van der Waals surface area contributed by atoms with Gasteiger partial charge >= 0.3 is 0 Å². The third kappa shape index (κ3) is 4.61. The van der Waals surface area contributed by atoms with Crippen molar-refractivity contribution < 1.29 is 19.2 Å². The summed E-state index contributed by atoms with van der Waals surface area (Å²) in [5, 5.41) is 20.1. The van der Waals surface area contributed by atoms with Crippen molar-refractivity contribution in [2.45, 2.75) is 25.2 Å². The molecule has 0 saturated heterocycles. The predicted molar refractivity (Wildman–Crippen MR) is 127 cm³/mol. The maximum Gasteiger partial charge on any atom is 0.259 e. The smallest absolute Gasteiger partial charge is 0.259 e. The molecule has 3 N–H and O–H groups in total. The molecule has 0 atom stereocenters. The third-order valence-corrected chi connectivity index (χ3v) is 5.79. The van der Waals surface area contributed by atoms with Gasteiger partial charge in [-0.3, -0.25) is 9.59 Å². The first-order valence-corrected chi connectivity index (χ1v) is 11.3. The van der Waals surface area contributed by atoms with Gasteiger partial charge in [0.25, 0.3) is 17.5 Å². The highest BCUT2D eigenvalue weighted by atomic mass is 16.5. The van der Waals surface area contributed by atoms with E-state index in [1.54, 1.807) is 12.1 Å². The van der Waals surface area contributed by atoms with Crippen molar-refractivity contribution in [1.29, 1.82) is 0 Å². The van der Waals surface area contributed by atoms with Crippen molar-refractivity contribution in [3.63, 3.8) is 0 Å². The largest absolute Gasteiger partial charge is 0.508 e. The van der Waals surface area contributed by atoms with Gasteiger partial charge in [0, 0.05) is 35.8 Å². The minimum absolute atomic E-state index is 0.0396. The minimum Gasteiger partial charge on any atom is -0.508 e. The average molecular weight is 457 g/mol. The van der Waals surface area contributed by atoms with E-state index < -0.39 is 0 Å². The number of carbonyl (C=O) groups excluding carboxylic acids is 2. The standard InChI is InChI=1S/C26H24N4O4/c31-19-9-4-8-18(14-19)24(32)27-12-5-13-28-25(33)20-15-21(16-10-11-16)29-26-22(20)23(30-34-26)17-6-2-1-3-7-17/h1-4,6-9,14-16,31H,5,10-13H2,(H,27,32)(H,28,33). The zero-order chi connectivity index (χ0) is 23.5. The Morgan fingerprint density at radius 3 is 2.47 bits per heavy atom. The van der Waals surface area contributed by atoms with Crippen molar-refractivity contribution >= 4 is 22.9 Å². The first-order valence-electron chi connectivity index (χ1n) is 11.3. The summed E-state index contributed by atoms with van der Waals surface area (Å²) < 4.78 is 5.53. The Bertz CT molecular complexity index is 1350. The van der Waals surface area contributed by atoms with Gasteiger partial charge in [-0.2, -0.15) is 0 Å². The molecule has 0 aliphatic heterocycles. The molecule has 34 heavy (non-hydrogen) atoms. The van der Waals surface area contributed by atoms with Crippen LogP contribution in [0.4, 0.5) is 0 Å². The van der Waals surface area contributed by atoms with Gasteiger partial charge in [0.1, 0.15) is 11.4 Å². The number of pyridine rings is 1. The minimum atomic E-state index is -0.274. The van der Waals surface area contributed by atoms with E-state index in [-0.39, 0.29) is 17.6 Å². The molecule has 172 valence electrons. The summed E-state index contributed by atoms with van der Waals surface area (Å²) in [5.74, 6) is -0.107. The van der Waals surface area contributed by atoms with Crippen LogP contribution in [0.15, 0.2) is 65.2 Å². The Labute approximate surface area is 196 Å². The van der Waals surface area contributed by atoms with Gasteiger partial charge in [0.15, 0.2) is 0 Å². The number of nitrogens with one attached hydrogen (secondary N) is 2. The van der Waals surface area contributed by atoms with Crippen LogP contribution in [0.1, 0.15) is 51.6 Å². The number of aromatic hydroxyl groups is 1. The number of amides is 2. The number of hydrogen-bond donors (Lipinski definition) is 3. The van der Waals surface area contributed by atoms with Crippen LogP contribution in [0.5, 0.6) is 5.75 Å². The third-order valence-electron chi connectivity index (χ3n) is 5.79. The van der Waals surface area contributed by atoms with Crippen molar-refractivity contribution in [3.8, 4) is 17.0 Å². The fourth-order valence-corrected chi connectivity index (χ4v) is 3.87. The molecule has 2 amide bonds. The van der Waals surface area contributed by atoms with Gasteiger partial charge in [0.2, 0.25) is 0 Å². The Kier molecular flexibility index (Phi) is 5.95. The first kappa shape index (κ1) is 21.6. The maximum atomic E-state index is 13.2. The molecular weight excluding hydrogens is 432 g/mol. The highest BCUT2D eigenvalue weighted by Crippen LogP contribution is 2.41. The van der Waals surface area contributed by atoms with Gasteiger partial charge in [-0.25, -0.2) is 4.98 Å². The predicted octanol–water partition coefficient (Wildman–Crippen LogP) is 4.02. The number of benzene rings is 2. The molecule has 2 aromatic carbocycles. The molecule has 8 nitrogen and oxygen atoms in total. The quantitative estimate of drug-likeness (QED) is 0.345. The van der Waals surface area contributed by atoms with Crippen LogP contribution >= 0.6 is 0 Å². The number of nitrogens with zero attached hydrogens (tertiary/aromatic N) is 2. The van der Waals surface area contributed by atoms with Crippen LogP contribution in [0.25, 0.3) is 22.4 Å². The van der Waals surface area contributed by atoms with E-state index in [9.17, 15) is 14.7 Å². The van der Waals surface area contributed by atoms with E-state index in [1.165, 1.54) is 12.1 Å². The van der Waals surface area contributed by atoms with Crippen molar-refractivity contribution in [1.82, 2.24) is 20.8 Å². The molecule has 2 heterocycles. The number of fused-ring (bicyclic) bond motifs is 1. The zero-order valence-corrected chi connectivity index (χ0v) is 18.5. The number of hydrogen-bond acceptors (Lipinski definition) is 6. The molecule has 0 bridgehead atoms. The van der Waals surface area contributed by atoms with Crippen molar-refractivity contribution in [3.05, 3.63) is 77.5 Å². The molecule has 0 unspecified atom stereocenters. The van der Waals surface area contributed by atoms with Crippen LogP contribution in [0, 0.1) is 0 Å². The molecule has 1 fully saturated rings. The monoisotopic (exact) mass is 456 g/mol. The molecule has 4 aromatic rings. The first-order chi connectivity index (χ1) is 16.6. The Balaban J connectivity index is 1.28. The molecule has 1 aliphatic rings. The summed E-state index contributed by atoms with van der Waals surface area (Å²) in [6, 6.07) is 17.6. The number of phenolic OH excluding ortho intramolecular Hbond substituents is 1. The second-order valence-corrected chi connectivity index (χ2v) is 8.36. The lowest BCUT2D eigenvalue weighted by Crippen LogP contribution is -2.30. The summed E-state index contributed by atoms with van der Waals surface area (Å²) in [4.78, 5) is 30.0. The summed E-state index contributed by atoms with van der Waals surface area (Å²) in [5.41, 5.74) is 3.55. The van der Waals surface area contributed by atoms with Crippen LogP contribution in [-0.2, 0) is 0 Å². The van der Waals surface area contributed by atoms with Gasteiger partial charge in [0.05, 0.1) is 10.9 Å². The number of phenols is 1. The van der Waals surface area contributed by atoms with Crippen molar-refractivity contribution in [2.24, 2.45) is 0 Å². The molecule has 1 saturated carbocycles. The van der Waals surface area contributed by atoms with Crippen LogP contribution in [0.3, 0.4) is 0 Å². The average Bonchev–Trinajstić information content (AvgIpc) is 3.62. The summed E-state index contributed by atoms with van der Waals surface area (Å²) in [6.07, 6.45) is 2.66. The number of carbonyl (C=O) groups is 2. The van der Waals surface area contributed by atoms with Crippen molar-refractivity contribution in [2.75, 3.05) is 13.1 Å². The molecule has 8 heteroatoms. The topological polar surface area (TPSA) is 117 Å². The Hall–Kier alpha value is -4.20. The lowest BCUT2D eigenvalue weighted by atomic mass is 10.0. The van der Waals surface area contributed by atoms with Gasteiger partial charge in [-0.1, -0.05) is 41.6 Å². The van der Waals surface area contributed by atoms with E-state index >= 15 is 0 Å². The second kappa shape index (κ2) is 9.35. The summed E-state index contributed by atoms with van der Waals surface area (Å²) in [7, 11) is 0. The zero-order valence-electron chi connectivity index (χ0n) is 18.5. The molecule has 0 spiro atoms. The molecule has 5 rings (SSSR count). The van der Waals surface area contributed by atoms with E-state index in [2.05, 4.69) is 20.8 Å². The fraction of sp³-hybridized carbons (Fsp3) is 0.231. The van der Waals surface area contributed by atoms with Gasteiger partial charge in [-0.05, 0) is 43.5 Å². The highest BCUT2D eigenvalue weighted by Gasteiger charge is 2.29. The number of aromatic nitrogens is 2. The van der Waals surface area contributed by atoms with Crippen LogP contribution < -0.4 is 10.6 Å². The van der Waals surface area contributed by atoms with Gasteiger partial charge in [-0.15, -0.1) is 0 Å². The normalized spacial score (nSPS) is 13.1. The van der Waals surface area contributed by atoms with E-state index in [4.69, 9.17) is 4.52 Å². The Morgan fingerprint density at radius 2 is 1.74 bits per heavy atom. The summed E-state index contributed by atoms with van der Waals surface area (Å²) >= 11 is 0. The van der Waals surface area contributed by atoms with Crippen LogP contribution in [-0.4, -0.2) is 40.2 Å². The maximum absolute atomic E-state index is 13.2. The number of rotatable bonds is 8. The highest BCUT2D eigenvalue weighted by molar-refractivity contribution is 6.09. The second-order valence-electron chi connectivity index (χ2n) is 8.36. The van der Waals surface area contributed by atoms with Gasteiger partial charge < -0.3 is 20.3 Å². The van der Waals surface area contributed by atoms with E-state index in [0.717, 1.165) is 24.1 Å². The lowest BCUT2D eigenvalue weighted by Gasteiger charge is -2.09. The molecule has 1 aliphatic carbocycles. The lowest BCUT2D eigenvalue weighted by molar-refractivity contribution is 0.0952. The van der Waals surface area contributed by atoms with Crippen LogP contribution in [0.2, 0.25) is 0 Å². The SMILES string of the molecule is O=C(NCCCNC(=O)c1cc(C2CC2)nc2onc(-c3ccccc3)c12)c1cccc(O)c1. The molecular formula is C26H24N4O4. The molecule has 0 radical (unpaired) electrons. The van der Waals surface area contributed by atoms with E-state index in [1.807, 2.05) is 36.4 Å².